The molecule has 6 nitrogen and oxygen atoms in total. The minimum absolute atomic E-state index is 0.0235. The van der Waals surface area contributed by atoms with E-state index in [0.29, 0.717) is 35.6 Å². The number of Topliss-reactive ketones (excluding diaryl/α,β-unsaturated/α-hetero) is 1. The summed E-state index contributed by atoms with van der Waals surface area (Å²) in [4.78, 5) is 27.6. The van der Waals surface area contributed by atoms with E-state index in [2.05, 4.69) is 10.2 Å². The summed E-state index contributed by atoms with van der Waals surface area (Å²) in [5.41, 5.74) is 1.32. The molecule has 0 aromatic carbocycles. The van der Waals surface area contributed by atoms with Crippen LogP contribution in [0, 0.1) is 6.92 Å². The van der Waals surface area contributed by atoms with Crippen molar-refractivity contribution in [2.24, 2.45) is 0 Å². The number of hydrogen-bond donors (Lipinski definition) is 1. The van der Waals surface area contributed by atoms with Gasteiger partial charge in [0.25, 0.3) is 5.91 Å². The number of ether oxygens (including phenoxy) is 1. The molecule has 3 heterocycles. The summed E-state index contributed by atoms with van der Waals surface area (Å²) in [6.45, 7) is 6.12. The summed E-state index contributed by atoms with van der Waals surface area (Å²) in [7, 11) is 0. The van der Waals surface area contributed by atoms with Crippen LogP contribution in [0.25, 0.3) is 0 Å². The third-order valence-corrected chi connectivity index (χ3v) is 6.54. The van der Waals surface area contributed by atoms with Gasteiger partial charge in [0.1, 0.15) is 5.76 Å². The molecule has 0 bridgehead atoms. The second-order valence-corrected chi connectivity index (χ2v) is 8.20. The number of nitrogens with one attached hydrogen (secondary N) is 1. The maximum absolute atomic E-state index is 12.9. The lowest BCUT2D eigenvalue weighted by Gasteiger charge is -2.48. The second-order valence-electron chi connectivity index (χ2n) is 8.20. The van der Waals surface area contributed by atoms with Crippen LogP contribution in [-0.2, 0) is 11.2 Å². The summed E-state index contributed by atoms with van der Waals surface area (Å²) in [5, 5.41) is 3.13. The van der Waals surface area contributed by atoms with Crippen molar-refractivity contribution in [1.82, 2.24) is 10.2 Å². The highest BCUT2D eigenvalue weighted by atomic mass is 16.5. The number of ketones is 1. The van der Waals surface area contributed by atoms with Crippen LogP contribution in [0.3, 0.4) is 0 Å². The van der Waals surface area contributed by atoms with E-state index in [0.717, 1.165) is 52.0 Å². The van der Waals surface area contributed by atoms with Crippen molar-refractivity contribution in [3.05, 3.63) is 22.6 Å². The molecule has 148 valence electrons. The number of carbonyl (C=O) groups excluding carboxylic acids is 2. The SMILES string of the molecule is Cc1c(C(=O)NCC2(N3CCCCC3)CCOCC2)oc2c1C(=O)CCC2. The summed E-state index contributed by atoms with van der Waals surface area (Å²) in [6, 6.07) is 0. The van der Waals surface area contributed by atoms with Gasteiger partial charge in [0, 0.05) is 43.7 Å². The molecule has 3 aliphatic rings. The molecule has 0 radical (unpaired) electrons. The second kappa shape index (κ2) is 7.76. The molecule has 2 aliphatic heterocycles. The Hall–Kier alpha value is -1.66. The molecule has 1 aliphatic carbocycles. The minimum atomic E-state index is -0.197. The molecule has 2 saturated heterocycles. The van der Waals surface area contributed by atoms with Crippen molar-refractivity contribution in [2.75, 3.05) is 32.8 Å². The fourth-order valence-corrected chi connectivity index (χ4v) is 4.91. The Kier molecular flexibility index (Phi) is 5.37. The molecule has 1 aromatic rings. The number of amides is 1. The Morgan fingerprint density at radius 1 is 1.11 bits per heavy atom. The van der Waals surface area contributed by atoms with Gasteiger partial charge in [-0.25, -0.2) is 0 Å². The first-order valence-electron chi connectivity index (χ1n) is 10.4. The molecule has 0 spiro atoms. The quantitative estimate of drug-likeness (QED) is 0.877. The average molecular weight is 374 g/mol. The fraction of sp³-hybridized carbons (Fsp3) is 0.714. The monoisotopic (exact) mass is 374 g/mol. The predicted octanol–water partition coefficient (Wildman–Crippen LogP) is 2.87. The number of fused-ring (bicyclic) bond motifs is 1. The number of likely N-dealkylation sites (tertiary alicyclic amines) is 1. The standard InChI is InChI=1S/C21H30N2O4/c1-15-18-16(24)6-5-7-17(18)27-19(15)20(25)22-14-21(8-12-26-13-9-21)23-10-3-2-4-11-23/h2-14H2,1H3,(H,22,25). The zero-order chi connectivity index (χ0) is 18.9. The van der Waals surface area contributed by atoms with Gasteiger partial charge < -0.3 is 14.5 Å². The number of carbonyl (C=O) groups is 2. The van der Waals surface area contributed by atoms with Crippen LogP contribution in [0.2, 0.25) is 0 Å². The van der Waals surface area contributed by atoms with Crippen molar-refractivity contribution in [3.8, 4) is 0 Å². The average Bonchev–Trinajstić information content (AvgIpc) is 3.05. The lowest BCUT2D eigenvalue weighted by atomic mass is 9.86. The first-order valence-corrected chi connectivity index (χ1v) is 10.4. The Bertz CT molecular complexity index is 712. The van der Waals surface area contributed by atoms with E-state index in [9.17, 15) is 9.59 Å². The highest BCUT2D eigenvalue weighted by molar-refractivity contribution is 6.03. The summed E-state index contributed by atoms with van der Waals surface area (Å²) in [6.07, 6.45) is 7.72. The van der Waals surface area contributed by atoms with E-state index < -0.39 is 0 Å². The van der Waals surface area contributed by atoms with Crippen LogP contribution in [0.15, 0.2) is 4.42 Å². The van der Waals surface area contributed by atoms with Crippen LogP contribution in [0.5, 0.6) is 0 Å². The molecule has 2 fully saturated rings. The topological polar surface area (TPSA) is 71.8 Å². The molecule has 27 heavy (non-hydrogen) atoms. The van der Waals surface area contributed by atoms with E-state index >= 15 is 0 Å². The predicted molar refractivity (Wildman–Crippen MR) is 101 cm³/mol. The lowest BCUT2D eigenvalue weighted by molar-refractivity contribution is -0.0349. The third kappa shape index (κ3) is 3.57. The highest BCUT2D eigenvalue weighted by Crippen LogP contribution is 2.32. The van der Waals surface area contributed by atoms with E-state index in [1.807, 2.05) is 6.92 Å². The summed E-state index contributed by atoms with van der Waals surface area (Å²) < 4.78 is 11.4. The Morgan fingerprint density at radius 3 is 2.56 bits per heavy atom. The van der Waals surface area contributed by atoms with Crippen molar-refractivity contribution < 1.29 is 18.7 Å². The maximum atomic E-state index is 12.9. The molecule has 1 amide bonds. The van der Waals surface area contributed by atoms with E-state index in [4.69, 9.17) is 9.15 Å². The Morgan fingerprint density at radius 2 is 1.85 bits per heavy atom. The Labute approximate surface area is 160 Å². The van der Waals surface area contributed by atoms with Gasteiger partial charge in [0.15, 0.2) is 11.5 Å². The summed E-state index contributed by atoms with van der Waals surface area (Å²) >= 11 is 0. The van der Waals surface area contributed by atoms with E-state index in [1.165, 1.54) is 19.3 Å². The molecule has 0 saturated carbocycles. The zero-order valence-electron chi connectivity index (χ0n) is 16.3. The van der Waals surface area contributed by atoms with Crippen LogP contribution in [-0.4, -0.2) is 55.0 Å². The van der Waals surface area contributed by atoms with Gasteiger partial charge in [-0.3, -0.25) is 14.5 Å². The van der Waals surface area contributed by atoms with Gasteiger partial charge in [0.2, 0.25) is 0 Å². The fourth-order valence-electron chi connectivity index (χ4n) is 4.91. The van der Waals surface area contributed by atoms with Crippen LogP contribution < -0.4 is 5.32 Å². The van der Waals surface area contributed by atoms with Gasteiger partial charge in [-0.1, -0.05) is 6.42 Å². The number of hydrogen-bond acceptors (Lipinski definition) is 5. The maximum Gasteiger partial charge on any atom is 0.287 e. The molecule has 1 aromatic heterocycles. The first kappa shape index (κ1) is 18.7. The van der Waals surface area contributed by atoms with Crippen molar-refractivity contribution in [1.29, 1.82) is 0 Å². The number of aryl methyl sites for hydroxylation is 1. The van der Waals surface area contributed by atoms with Crippen LogP contribution in [0.1, 0.15) is 77.2 Å². The minimum Gasteiger partial charge on any atom is -0.455 e. The van der Waals surface area contributed by atoms with Gasteiger partial charge in [-0.05, 0) is 52.1 Å². The zero-order valence-corrected chi connectivity index (χ0v) is 16.3. The molecular formula is C21H30N2O4. The molecule has 1 N–H and O–H groups in total. The van der Waals surface area contributed by atoms with E-state index in [1.54, 1.807) is 0 Å². The van der Waals surface area contributed by atoms with Gasteiger partial charge >= 0.3 is 0 Å². The molecule has 4 rings (SSSR count). The number of piperidine rings is 1. The number of furan rings is 1. The van der Waals surface area contributed by atoms with Crippen molar-refractivity contribution >= 4 is 11.7 Å². The van der Waals surface area contributed by atoms with E-state index in [-0.39, 0.29) is 17.2 Å². The van der Waals surface area contributed by atoms with Gasteiger partial charge in [0.05, 0.1) is 5.56 Å². The third-order valence-electron chi connectivity index (χ3n) is 6.54. The highest BCUT2D eigenvalue weighted by Gasteiger charge is 2.39. The molecule has 6 heteroatoms. The smallest absolute Gasteiger partial charge is 0.287 e. The number of rotatable bonds is 4. The van der Waals surface area contributed by atoms with Gasteiger partial charge in [-0.2, -0.15) is 0 Å². The molecule has 0 unspecified atom stereocenters. The first-order chi connectivity index (χ1) is 13.1. The largest absolute Gasteiger partial charge is 0.455 e. The summed E-state index contributed by atoms with van der Waals surface area (Å²) in [5.74, 6) is 0.908. The van der Waals surface area contributed by atoms with Crippen LogP contribution >= 0.6 is 0 Å². The molecule has 0 atom stereocenters. The molecular weight excluding hydrogens is 344 g/mol. The lowest BCUT2D eigenvalue weighted by Crippen LogP contribution is -2.59. The van der Waals surface area contributed by atoms with Gasteiger partial charge in [-0.15, -0.1) is 0 Å². The normalized spacial score (nSPS) is 23.1. The number of nitrogens with zero attached hydrogens (tertiary/aromatic N) is 1. The van der Waals surface area contributed by atoms with Crippen molar-refractivity contribution in [3.63, 3.8) is 0 Å². The Balaban J connectivity index is 1.49. The van der Waals surface area contributed by atoms with Crippen molar-refractivity contribution in [2.45, 2.75) is 63.8 Å². The van der Waals surface area contributed by atoms with Crippen LogP contribution in [0.4, 0.5) is 0 Å².